The van der Waals surface area contributed by atoms with E-state index in [4.69, 9.17) is 10.7 Å². The highest BCUT2D eigenvalue weighted by Gasteiger charge is 2.45. The number of rotatable bonds is 11. The number of likely N-dealkylation sites (N-methyl/N-ethyl adjacent to an activating group) is 1. The van der Waals surface area contributed by atoms with Crippen LogP contribution in [0.3, 0.4) is 0 Å². The second-order valence-electron chi connectivity index (χ2n) is 16.9. The molecule has 60 heavy (non-hydrogen) atoms. The number of aromatic nitrogens is 2. The fourth-order valence-electron chi connectivity index (χ4n) is 9.55. The largest absolute Gasteiger partial charge is 0.371 e. The Labute approximate surface area is 348 Å². The van der Waals surface area contributed by atoms with Crippen molar-refractivity contribution in [3.8, 4) is 0 Å². The molecule has 0 spiro atoms. The highest BCUT2D eigenvalue weighted by Crippen LogP contribution is 2.34. The standard InChI is InChI=1S/C43H51N11O6/c1-48-15-20-53(43(48)60)31-3-2-13-51(26-31)36-23-45-38(39(44)56)34(46-36)21-27-4-6-29(7-5-27)50-18-16-49(17-19-50)14-12-28-24-52(25-28)30-8-9-32-33(22-30)42(59)54(41(32)58)35-10-11-37(55)47-40(35)57/h4-9,22-23,28,31,35H,2-3,10-21,24-26H2,1H3,(H2,44,56)(H,47,55,57)/t31-,35?/m1/s1. The molecule has 17 nitrogen and oxygen atoms in total. The van der Waals surface area contributed by atoms with E-state index in [-0.39, 0.29) is 30.6 Å². The van der Waals surface area contributed by atoms with Crippen molar-refractivity contribution in [3.05, 3.63) is 76.7 Å². The van der Waals surface area contributed by atoms with Gasteiger partial charge in [0.25, 0.3) is 17.7 Å². The minimum absolute atomic E-state index is 0.0705. The number of nitrogens with zero attached hydrogens (tertiary/aromatic N) is 9. The van der Waals surface area contributed by atoms with E-state index in [2.05, 4.69) is 54.2 Å². The second-order valence-corrected chi connectivity index (χ2v) is 16.9. The lowest BCUT2D eigenvalue weighted by Crippen LogP contribution is -2.54. The zero-order valence-corrected chi connectivity index (χ0v) is 33.9. The van der Waals surface area contributed by atoms with E-state index in [1.807, 2.05) is 18.0 Å². The first-order valence-corrected chi connectivity index (χ1v) is 21.1. The van der Waals surface area contributed by atoms with Crippen LogP contribution in [-0.4, -0.2) is 156 Å². The number of fused-ring (bicyclic) bond motifs is 1. The number of nitrogens with one attached hydrogen (secondary N) is 1. The summed E-state index contributed by atoms with van der Waals surface area (Å²) in [4.78, 5) is 98.8. The number of benzene rings is 2. The highest BCUT2D eigenvalue weighted by molar-refractivity contribution is 6.23. The topological polar surface area (TPSA) is 189 Å². The smallest absolute Gasteiger partial charge is 0.320 e. The highest BCUT2D eigenvalue weighted by atomic mass is 16.2. The molecule has 0 saturated carbocycles. The van der Waals surface area contributed by atoms with Gasteiger partial charge in [-0.15, -0.1) is 0 Å². The second kappa shape index (κ2) is 16.2. The molecule has 1 aromatic heterocycles. The number of piperidine rings is 2. The molecule has 314 valence electrons. The van der Waals surface area contributed by atoms with Gasteiger partial charge in [-0.1, -0.05) is 12.1 Å². The first-order chi connectivity index (χ1) is 29.0. The van der Waals surface area contributed by atoms with Gasteiger partial charge >= 0.3 is 6.03 Å². The summed E-state index contributed by atoms with van der Waals surface area (Å²) in [6, 6.07) is 12.9. The van der Waals surface area contributed by atoms with E-state index in [0.717, 1.165) is 107 Å². The van der Waals surface area contributed by atoms with Gasteiger partial charge < -0.3 is 30.2 Å². The number of anilines is 3. The summed E-state index contributed by atoms with van der Waals surface area (Å²) in [5.74, 6) is -1.35. The molecule has 0 radical (unpaired) electrons. The Hall–Kier alpha value is -6.10. The summed E-state index contributed by atoms with van der Waals surface area (Å²) >= 11 is 0. The number of carbonyl (C=O) groups excluding carboxylic acids is 6. The Morgan fingerprint density at radius 2 is 1.57 bits per heavy atom. The molecule has 0 bridgehead atoms. The van der Waals surface area contributed by atoms with E-state index < -0.39 is 35.6 Å². The van der Waals surface area contributed by atoms with Crippen LogP contribution in [-0.2, 0) is 16.0 Å². The summed E-state index contributed by atoms with van der Waals surface area (Å²) in [6.07, 6.45) is 5.23. The molecule has 6 aliphatic rings. The average molecular weight is 818 g/mol. The number of carbonyl (C=O) groups is 6. The number of nitrogens with two attached hydrogens (primary N) is 1. The van der Waals surface area contributed by atoms with E-state index in [0.29, 0.717) is 41.5 Å². The number of primary amides is 1. The van der Waals surface area contributed by atoms with Crippen molar-refractivity contribution >= 4 is 52.8 Å². The molecule has 6 aliphatic heterocycles. The van der Waals surface area contributed by atoms with Crippen molar-refractivity contribution in [1.82, 2.24) is 34.9 Å². The Kier molecular flexibility index (Phi) is 10.6. The first kappa shape index (κ1) is 39.4. The van der Waals surface area contributed by atoms with Gasteiger partial charge in [0.2, 0.25) is 11.8 Å². The first-order valence-electron chi connectivity index (χ1n) is 21.1. The molecule has 7 heterocycles. The molecule has 3 N–H and O–H groups in total. The lowest BCUT2D eigenvalue weighted by molar-refractivity contribution is -0.136. The maximum Gasteiger partial charge on any atom is 0.320 e. The van der Waals surface area contributed by atoms with Gasteiger partial charge in [-0.3, -0.25) is 39.1 Å². The molecule has 1 unspecified atom stereocenters. The number of hydrogen-bond acceptors (Lipinski definition) is 12. The molecule has 7 amide bonds. The Balaban J connectivity index is 0.740. The third kappa shape index (κ3) is 7.61. The van der Waals surface area contributed by atoms with E-state index in [1.54, 1.807) is 23.2 Å². The quantitative estimate of drug-likeness (QED) is 0.266. The predicted molar refractivity (Wildman–Crippen MR) is 222 cm³/mol. The van der Waals surface area contributed by atoms with Crippen molar-refractivity contribution < 1.29 is 28.8 Å². The molecule has 5 saturated heterocycles. The molecular weight excluding hydrogens is 767 g/mol. The van der Waals surface area contributed by atoms with E-state index in [9.17, 15) is 28.8 Å². The number of imide groups is 2. The zero-order valence-electron chi connectivity index (χ0n) is 33.9. The number of hydrogen-bond donors (Lipinski definition) is 2. The third-order valence-corrected chi connectivity index (χ3v) is 13.1. The molecule has 2 aromatic carbocycles. The van der Waals surface area contributed by atoms with Crippen LogP contribution in [0, 0.1) is 5.92 Å². The van der Waals surface area contributed by atoms with Crippen molar-refractivity contribution in [2.75, 3.05) is 93.7 Å². The van der Waals surface area contributed by atoms with Crippen LogP contribution in [0.4, 0.5) is 22.0 Å². The van der Waals surface area contributed by atoms with Crippen LogP contribution in [0.15, 0.2) is 48.7 Å². The SMILES string of the molecule is CN1CCN([C@@H]2CCCN(c3cnc(C(N)=O)c(Cc4ccc(N5CCN(CCC6CN(c7ccc8c(c7)C(=O)N(C7CCC(=O)NC7=O)C8=O)C6)CC5)cc4)n3)C2)C1=O. The zero-order chi connectivity index (χ0) is 41.7. The van der Waals surface area contributed by atoms with E-state index in [1.165, 1.54) is 0 Å². The summed E-state index contributed by atoms with van der Waals surface area (Å²) in [5, 5.41) is 2.24. The maximum absolute atomic E-state index is 13.3. The molecule has 9 rings (SSSR count). The molecule has 3 aromatic rings. The average Bonchev–Trinajstić information content (AvgIpc) is 3.70. The Morgan fingerprint density at radius 3 is 2.28 bits per heavy atom. The van der Waals surface area contributed by atoms with Gasteiger partial charge in [-0.25, -0.2) is 14.8 Å². The monoisotopic (exact) mass is 817 g/mol. The lowest BCUT2D eigenvalue weighted by Gasteiger charge is -2.43. The lowest BCUT2D eigenvalue weighted by atomic mass is 9.94. The van der Waals surface area contributed by atoms with Crippen LogP contribution in [0.5, 0.6) is 0 Å². The number of urea groups is 1. The van der Waals surface area contributed by atoms with Gasteiger partial charge in [0, 0.05) is 96.7 Å². The van der Waals surface area contributed by atoms with Crippen molar-refractivity contribution in [2.24, 2.45) is 11.7 Å². The van der Waals surface area contributed by atoms with Gasteiger partial charge in [0.05, 0.1) is 29.1 Å². The van der Waals surface area contributed by atoms with Crippen molar-refractivity contribution in [2.45, 2.75) is 50.6 Å². The van der Waals surface area contributed by atoms with Crippen LogP contribution in [0.1, 0.15) is 74.6 Å². The Morgan fingerprint density at radius 1 is 0.817 bits per heavy atom. The molecular formula is C43H51N11O6. The predicted octanol–water partition coefficient (Wildman–Crippen LogP) is 1.55. The normalized spacial score (nSPS) is 22.8. The minimum Gasteiger partial charge on any atom is -0.371 e. The summed E-state index contributed by atoms with van der Waals surface area (Å²) < 4.78 is 0. The van der Waals surface area contributed by atoms with Crippen LogP contribution in [0.2, 0.25) is 0 Å². The van der Waals surface area contributed by atoms with Gasteiger partial charge in [0.15, 0.2) is 0 Å². The molecule has 0 aliphatic carbocycles. The number of piperazine rings is 1. The van der Waals surface area contributed by atoms with Gasteiger partial charge in [0.1, 0.15) is 17.6 Å². The van der Waals surface area contributed by atoms with Crippen LogP contribution >= 0.6 is 0 Å². The van der Waals surface area contributed by atoms with Gasteiger partial charge in [-0.05, 0) is 74.0 Å². The van der Waals surface area contributed by atoms with Gasteiger partial charge in [-0.2, -0.15) is 0 Å². The van der Waals surface area contributed by atoms with Crippen molar-refractivity contribution in [1.29, 1.82) is 0 Å². The van der Waals surface area contributed by atoms with Crippen molar-refractivity contribution in [3.63, 3.8) is 0 Å². The van der Waals surface area contributed by atoms with Crippen LogP contribution < -0.4 is 25.8 Å². The maximum atomic E-state index is 13.3. The fourth-order valence-corrected chi connectivity index (χ4v) is 9.55. The van der Waals surface area contributed by atoms with Crippen LogP contribution in [0.25, 0.3) is 0 Å². The Bertz CT molecular complexity index is 2220. The third-order valence-electron chi connectivity index (χ3n) is 13.1. The molecule has 5 fully saturated rings. The summed E-state index contributed by atoms with van der Waals surface area (Å²) in [7, 11) is 1.84. The summed E-state index contributed by atoms with van der Waals surface area (Å²) in [5.41, 5.74) is 10.1. The fraction of sp³-hybridized carbons (Fsp3) is 0.488. The summed E-state index contributed by atoms with van der Waals surface area (Å²) in [6.45, 7) is 9.47. The molecule has 17 heteroatoms. The number of amides is 7. The minimum atomic E-state index is -0.970. The van der Waals surface area contributed by atoms with E-state index >= 15 is 0 Å². The molecule has 2 atom stereocenters.